The number of ether oxygens (including phenoxy) is 1. The number of hydrogen-bond donors (Lipinski definition) is 0. The van der Waals surface area contributed by atoms with Crippen molar-refractivity contribution in [3.8, 4) is 0 Å². The Morgan fingerprint density at radius 1 is 1.18 bits per heavy atom. The smallest absolute Gasteiger partial charge is 0.274 e. The van der Waals surface area contributed by atoms with Crippen LogP contribution >= 0.6 is 11.6 Å². The molecule has 28 heavy (non-hydrogen) atoms. The van der Waals surface area contributed by atoms with Crippen LogP contribution in [0.1, 0.15) is 41.4 Å². The summed E-state index contributed by atoms with van der Waals surface area (Å²) >= 11 is 6.26. The van der Waals surface area contributed by atoms with Crippen molar-refractivity contribution in [2.45, 2.75) is 31.4 Å². The maximum atomic E-state index is 13.4. The Balaban J connectivity index is 1.64. The Labute approximate surface area is 170 Å². The first kappa shape index (κ1) is 19.4. The summed E-state index contributed by atoms with van der Waals surface area (Å²) in [6.45, 7) is 4.00. The number of morpholine rings is 1. The number of carbonyl (C=O) groups excluding carboxylic acids is 1. The van der Waals surface area contributed by atoms with Gasteiger partial charge in [-0.25, -0.2) is 0 Å². The first-order valence-electron chi connectivity index (χ1n) is 9.85. The van der Waals surface area contributed by atoms with Crippen LogP contribution < -0.4 is 0 Å². The van der Waals surface area contributed by atoms with Crippen LogP contribution in [0.25, 0.3) is 0 Å². The van der Waals surface area contributed by atoms with E-state index >= 15 is 0 Å². The van der Waals surface area contributed by atoms with Crippen molar-refractivity contribution in [2.75, 3.05) is 32.8 Å². The van der Waals surface area contributed by atoms with E-state index in [2.05, 4.69) is 15.1 Å². The van der Waals surface area contributed by atoms with Crippen LogP contribution in [0.2, 0.25) is 5.02 Å². The van der Waals surface area contributed by atoms with E-state index in [1.807, 2.05) is 24.3 Å². The summed E-state index contributed by atoms with van der Waals surface area (Å²) in [5.74, 6) is -0.120. The van der Waals surface area contributed by atoms with E-state index in [1.165, 1.54) is 25.5 Å². The fourth-order valence-corrected chi connectivity index (χ4v) is 4.53. The van der Waals surface area contributed by atoms with Crippen molar-refractivity contribution >= 4 is 17.5 Å². The van der Waals surface area contributed by atoms with Crippen LogP contribution in [0.3, 0.4) is 0 Å². The predicted molar refractivity (Wildman–Crippen MR) is 105 cm³/mol. The molecule has 0 bridgehead atoms. The molecule has 152 valence electrons. The molecular formula is C19H27ClN6O2. The zero-order valence-electron chi connectivity index (χ0n) is 16.4. The lowest BCUT2D eigenvalue weighted by Crippen LogP contribution is -2.52. The lowest BCUT2D eigenvalue weighted by atomic mass is 9.99. The number of rotatable bonds is 4. The molecule has 0 aromatic carbocycles. The topological polar surface area (TPSA) is 68.4 Å². The van der Waals surface area contributed by atoms with Crippen LogP contribution in [0.4, 0.5) is 0 Å². The summed E-state index contributed by atoms with van der Waals surface area (Å²) < 4.78 is 9.49. The zero-order chi connectivity index (χ0) is 19.7. The number of likely N-dealkylation sites (tertiary alicyclic amines) is 1. The monoisotopic (exact) mass is 406 g/mol. The Kier molecular flexibility index (Phi) is 5.70. The van der Waals surface area contributed by atoms with Gasteiger partial charge >= 0.3 is 0 Å². The molecule has 8 nitrogen and oxygen atoms in total. The second-order valence-corrected chi connectivity index (χ2v) is 8.03. The SMILES string of the molecule is Cn1cc([C@H]2[C@H](CN3CCCCC3)OCCN2C(=O)c2c(Cl)cnn2C)cn1. The van der Waals surface area contributed by atoms with Crippen LogP contribution in [0.15, 0.2) is 18.6 Å². The molecule has 4 rings (SSSR count). The van der Waals surface area contributed by atoms with E-state index in [0.29, 0.717) is 23.9 Å². The molecule has 0 saturated carbocycles. The van der Waals surface area contributed by atoms with Gasteiger partial charge in [0.05, 0.1) is 36.2 Å². The molecule has 0 N–H and O–H groups in total. The average Bonchev–Trinajstić information content (AvgIpc) is 3.27. The minimum Gasteiger partial charge on any atom is -0.373 e. The first-order chi connectivity index (χ1) is 13.5. The maximum absolute atomic E-state index is 13.4. The third-order valence-corrected chi connectivity index (χ3v) is 5.94. The second-order valence-electron chi connectivity index (χ2n) is 7.63. The predicted octanol–water partition coefficient (Wildman–Crippen LogP) is 1.88. The van der Waals surface area contributed by atoms with Crippen molar-refractivity contribution in [3.63, 3.8) is 0 Å². The highest BCUT2D eigenvalue weighted by molar-refractivity contribution is 6.33. The average molecular weight is 407 g/mol. The zero-order valence-corrected chi connectivity index (χ0v) is 17.2. The molecule has 0 aliphatic carbocycles. The minimum atomic E-state index is -0.206. The highest BCUT2D eigenvalue weighted by Gasteiger charge is 2.39. The summed E-state index contributed by atoms with van der Waals surface area (Å²) in [5.41, 5.74) is 1.39. The third-order valence-electron chi connectivity index (χ3n) is 5.66. The Morgan fingerprint density at radius 3 is 2.61 bits per heavy atom. The summed E-state index contributed by atoms with van der Waals surface area (Å²) in [6, 6.07) is -0.206. The number of nitrogens with zero attached hydrogens (tertiary/aromatic N) is 6. The number of carbonyl (C=O) groups is 1. The van der Waals surface area contributed by atoms with Crippen LogP contribution in [-0.4, -0.2) is 74.2 Å². The van der Waals surface area contributed by atoms with Crippen molar-refractivity contribution in [2.24, 2.45) is 14.1 Å². The summed E-state index contributed by atoms with van der Waals surface area (Å²) in [5, 5.41) is 8.83. The fraction of sp³-hybridized carbons (Fsp3) is 0.632. The maximum Gasteiger partial charge on any atom is 0.274 e. The van der Waals surface area contributed by atoms with E-state index in [1.54, 1.807) is 16.4 Å². The molecule has 2 aliphatic heterocycles. The summed E-state index contributed by atoms with van der Waals surface area (Å²) in [7, 11) is 3.63. The molecule has 1 amide bonds. The van der Waals surface area contributed by atoms with Gasteiger partial charge in [0.2, 0.25) is 0 Å². The largest absolute Gasteiger partial charge is 0.373 e. The van der Waals surface area contributed by atoms with Gasteiger partial charge in [-0.2, -0.15) is 10.2 Å². The molecule has 2 aromatic heterocycles. The number of piperidine rings is 1. The number of halogens is 1. The number of aryl methyl sites for hydroxylation is 2. The van der Waals surface area contributed by atoms with Gasteiger partial charge in [0.1, 0.15) is 5.69 Å². The van der Waals surface area contributed by atoms with Crippen LogP contribution in [-0.2, 0) is 18.8 Å². The van der Waals surface area contributed by atoms with E-state index < -0.39 is 0 Å². The van der Waals surface area contributed by atoms with Gasteiger partial charge in [-0.15, -0.1) is 0 Å². The second kappa shape index (κ2) is 8.23. The number of hydrogen-bond acceptors (Lipinski definition) is 5. The molecule has 0 spiro atoms. The van der Waals surface area contributed by atoms with Gasteiger partial charge in [0.25, 0.3) is 5.91 Å². The quantitative estimate of drug-likeness (QED) is 0.775. The Hall–Kier alpha value is -1.90. The molecular weight excluding hydrogens is 380 g/mol. The van der Waals surface area contributed by atoms with Crippen molar-refractivity contribution in [1.29, 1.82) is 0 Å². The molecule has 0 radical (unpaired) electrons. The molecule has 2 saturated heterocycles. The van der Waals surface area contributed by atoms with Crippen LogP contribution in [0, 0.1) is 0 Å². The highest BCUT2D eigenvalue weighted by atomic mass is 35.5. The van der Waals surface area contributed by atoms with Gasteiger partial charge in [0.15, 0.2) is 0 Å². The molecule has 2 atom stereocenters. The molecule has 2 aliphatic rings. The summed E-state index contributed by atoms with van der Waals surface area (Å²) in [6.07, 6.45) is 8.93. The van der Waals surface area contributed by atoms with Crippen LogP contribution in [0.5, 0.6) is 0 Å². The van der Waals surface area contributed by atoms with Crippen molar-refractivity contribution in [3.05, 3.63) is 34.9 Å². The number of aromatic nitrogens is 4. The van der Waals surface area contributed by atoms with Gasteiger partial charge in [0, 0.05) is 38.9 Å². The van der Waals surface area contributed by atoms with Gasteiger partial charge in [-0.1, -0.05) is 18.0 Å². The van der Waals surface area contributed by atoms with Crippen molar-refractivity contribution in [1.82, 2.24) is 29.4 Å². The third kappa shape index (κ3) is 3.81. The van der Waals surface area contributed by atoms with E-state index in [4.69, 9.17) is 16.3 Å². The fourth-order valence-electron chi connectivity index (χ4n) is 4.29. The molecule has 2 fully saturated rings. The molecule has 4 heterocycles. The van der Waals surface area contributed by atoms with Gasteiger partial charge in [-0.3, -0.25) is 14.2 Å². The van der Waals surface area contributed by atoms with E-state index in [-0.39, 0.29) is 18.1 Å². The molecule has 9 heteroatoms. The molecule has 0 unspecified atom stereocenters. The van der Waals surface area contributed by atoms with Crippen molar-refractivity contribution < 1.29 is 9.53 Å². The lowest BCUT2D eigenvalue weighted by molar-refractivity contribution is -0.0744. The minimum absolute atomic E-state index is 0.105. The Morgan fingerprint density at radius 2 is 1.96 bits per heavy atom. The van der Waals surface area contributed by atoms with Gasteiger partial charge < -0.3 is 14.5 Å². The van der Waals surface area contributed by atoms with E-state index in [9.17, 15) is 4.79 Å². The number of amides is 1. The van der Waals surface area contributed by atoms with E-state index in [0.717, 1.165) is 25.2 Å². The highest BCUT2D eigenvalue weighted by Crippen LogP contribution is 2.32. The standard InChI is InChI=1S/C19H27ClN6O2/c1-23-12-14(10-21-23)17-16(13-25-6-4-3-5-7-25)28-9-8-26(17)19(27)18-15(20)11-22-24(18)2/h10-12,16-17H,3-9,13H2,1-2H3/t16-,17-/m0/s1. The Bertz CT molecular complexity index is 809. The molecule has 2 aromatic rings. The van der Waals surface area contributed by atoms with Gasteiger partial charge in [-0.05, 0) is 25.9 Å². The summed E-state index contributed by atoms with van der Waals surface area (Å²) in [4.78, 5) is 17.7. The lowest BCUT2D eigenvalue weighted by Gasteiger charge is -2.43. The first-order valence-corrected chi connectivity index (χ1v) is 10.2. The normalized spacial score (nSPS) is 23.9.